The fraction of sp³-hybridized carbons (Fsp3) is 0.143. The number of ether oxygens (including phenoxy) is 1. The van der Waals surface area contributed by atoms with E-state index in [0.29, 0.717) is 10.9 Å². The SMILES string of the molecule is COC(=O)/C=C1\S/C(=N\N=C(/C)c2ccc(C)cc2)N(c2ccccc2)C1=O. The van der Waals surface area contributed by atoms with Gasteiger partial charge in [0.15, 0.2) is 0 Å². The molecule has 28 heavy (non-hydrogen) atoms. The minimum atomic E-state index is -0.593. The van der Waals surface area contributed by atoms with Crippen molar-refractivity contribution in [3.05, 3.63) is 76.7 Å². The van der Waals surface area contributed by atoms with Crippen molar-refractivity contribution in [3.8, 4) is 0 Å². The fourth-order valence-electron chi connectivity index (χ4n) is 2.48. The number of rotatable bonds is 4. The van der Waals surface area contributed by atoms with E-state index in [9.17, 15) is 9.59 Å². The minimum absolute atomic E-state index is 0.234. The number of aryl methyl sites for hydroxylation is 1. The average molecular weight is 393 g/mol. The first-order valence-corrected chi connectivity index (χ1v) is 9.37. The molecular formula is C21H19N3O3S. The van der Waals surface area contributed by atoms with E-state index in [-0.39, 0.29) is 10.8 Å². The number of hydrogen-bond acceptors (Lipinski definition) is 6. The van der Waals surface area contributed by atoms with E-state index in [1.807, 2.05) is 56.3 Å². The molecule has 3 rings (SSSR count). The quantitative estimate of drug-likeness (QED) is 0.342. The highest BCUT2D eigenvalue weighted by molar-refractivity contribution is 8.19. The highest BCUT2D eigenvalue weighted by Crippen LogP contribution is 2.34. The van der Waals surface area contributed by atoms with Crippen molar-refractivity contribution in [1.29, 1.82) is 0 Å². The van der Waals surface area contributed by atoms with Crippen LogP contribution in [0.25, 0.3) is 0 Å². The van der Waals surface area contributed by atoms with Gasteiger partial charge in [0.05, 0.1) is 23.4 Å². The number of esters is 1. The molecule has 1 saturated heterocycles. The lowest BCUT2D eigenvalue weighted by Crippen LogP contribution is -2.28. The molecule has 0 atom stereocenters. The second-order valence-corrected chi connectivity index (χ2v) is 7.05. The van der Waals surface area contributed by atoms with Crippen LogP contribution in [-0.2, 0) is 14.3 Å². The van der Waals surface area contributed by atoms with Crippen molar-refractivity contribution in [1.82, 2.24) is 0 Å². The van der Waals surface area contributed by atoms with Crippen LogP contribution in [0.1, 0.15) is 18.1 Å². The lowest BCUT2D eigenvalue weighted by molar-refractivity contribution is -0.135. The number of carbonyl (C=O) groups is 2. The lowest BCUT2D eigenvalue weighted by atomic mass is 10.1. The number of anilines is 1. The van der Waals surface area contributed by atoms with Crippen LogP contribution in [0.4, 0.5) is 5.69 Å². The maximum Gasteiger partial charge on any atom is 0.331 e. The van der Waals surface area contributed by atoms with Gasteiger partial charge >= 0.3 is 5.97 Å². The van der Waals surface area contributed by atoms with Crippen LogP contribution in [-0.4, -0.2) is 29.9 Å². The first kappa shape index (κ1) is 19.6. The van der Waals surface area contributed by atoms with Crippen LogP contribution < -0.4 is 4.90 Å². The molecule has 1 aliphatic heterocycles. The maximum atomic E-state index is 12.8. The van der Waals surface area contributed by atoms with Gasteiger partial charge in [-0.3, -0.25) is 9.69 Å². The predicted octanol–water partition coefficient (Wildman–Crippen LogP) is 3.91. The first-order chi connectivity index (χ1) is 13.5. The Labute approximate surface area is 167 Å². The van der Waals surface area contributed by atoms with Gasteiger partial charge in [0.25, 0.3) is 5.91 Å². The molecule has 0 unspecified atom stereocenters. The van der Waals surface area contributed by atoms with E-state index in [2.05, 4.69) is 14.9 Å². The summed E-state index contributed by atoms with van der Waals surface area (Å²) in [5.41, 5.74) is 3.47. The van der Waals surface area contributed by atoms with Crippen molar-refractivity contribution in [2.45, 2.75) is 13.8 Å². The Morgan fingerprint density at radius 3 is 2.43 bits per heavy atom. The highest BCUT2D eigenvalue weighted by Gasteiger charge is 2.35. The summed E-state index contributed by atoms with van der Waals surface area (Å²) in [7, 11) is 1.27. The zero-order valence-electron chi connectivity index (χ0n) is 15.7. The van der Waals surface area contributed by atoms with Crippen LogP contribution >= 0.6 is 11.8 Å². The summed E-state index contributed by atoms with van der Waals surface area (Å²) in [4.78, 5) is 26.1. The van der Waals surface area contributed by atoms with Crippen LogP contribution in [0.3, 0.4) is 0 Å². The van der Waals surface area contributed by atoms with Gasteiger partial charge in [0.1, 0.15) is 0 Å². The largest absolute Gasteiger partial charge is 0.466 e. The van der Waals surface area contributed by atoms with E-state index in [4.69, 9.17) is 0 Å². The van der Waals surface area contributed by atoms with Gasteiger partial charge in [-0.2, -0.15) is 5.10 Å². The third-order valence-corrected chi connectivity index (χ3v) is 4.98. The van der Waals surface area contributed by atoms with Crippen LogP contribution in [0.5, 0.6) is 0 Å². The Kier molecular flexibility index (Phi) is 6.06. The van der Waals surface area contributed by atoms with E-state index in [0.717, 1.165) is 28.6 Å². The summed E-state index contributed by atoms with van der Waals surface area (Å²) in [6.45, 7) is 3.87. The summed E-state index contributed by atoms with van der Waals surface area (Å²) in [5.74, 6) is -0.937. The number of thioether (sulfide) groups is 1. The molecule has 1 amide bonds. The summed E-state index contributed by atoms with van der Waals surface area (Å²) < 4.78 is 4.64. The van der Waals surface area contributed by atoms with Crippen molar-refractivity contribution in [2.24, 2.45) is 10.2 Å². The molecule has 0 saturated carbocycles. The Morgan fingerprint density at radius 1 is 1.11 bits per heavy atom. The summed E-state index contributed by atoms with van der Waals surface area (Å²) in [6.07, 6.45) is 1.17. The molecule has 0 N–H and O–H groups in total. The molecule has 142 valence electrons. The van der Waals surface area contributed by atoms with Gasteiger partial charge in [0, 0.05) is 6.08 Å². The van der Waals surface area contributed by atoms with Crippen molar-refractivity contribution >= 4 is 40.2 Å². The third kappa shape index (κ3) is 4.37. The Hall–Kier alpha value is -3.19. The first-order valence-electron chi connectivity index (χ1n) is 8.56. The van der Waals surface area contributed by atoms with Gasteiger partial charge in [-0.1, -0.05) is 48.0 Å². The lowest BCUT2D eigenvalue weighted by Gasteiger charge is -2.14. The zero-order valence-corrected chi connectivity index (χ0v) is 16.6. The zero-order chi connectivity index (χ0) is 20.1. The van der Waals surface area contributed by atoms with Gasteiger partial charge in [-0.05, 0) is 43.3 Å². The van der Waals surface area contributed by atoms with E-state index in [1.54, 1.807) is 12.1 Å². The number of para-hydroxylation sites is 1. The topological polar surface area (TPSA) is 71.3 Å². The van der Waals surface area contributed by atoms with Gasteiger partial charge < -0.3 is 4.74 Å². The predicted molar refractivity (Wildman–Crippen MR) is 112 cm³/mol. The molecular weight excluding hydrogens is 374 g/mol. The molecule has 0 bridgehead atoms. The van der Waals surface area contributed by atoms with E-state index < -0.39 is 5.97 Å². The summed E-state index contributed by atoms with van der Waals surface area (Å²) >= 11 is 1.08. The smallest absolute Gasteiger partial charge is 0.331 e. The number of benzene rings is 2. The van der Waals surface area contributed by atoms with Gasteiger partial charge in [0.2, 0.25) is 5.17 Å². The number of nitrogens with zero attached hydrogens (tertiary/aromatic N) is 3. The van der Waals surface area contributed by atoms with Gasteiger partial charge in [-0.15, -0.1) is 5.10 Å². The number of hydrogen-bond donors (Lipinski definition) is 0. The van der Waals surface area contributed by atoms with Crippen molar-refractivity contribution in [2.75, 3.05) is 12.0 Å². The van der Waals surface area contributed by atoms with Crippen molar-refractivity contribution < 1.29 is 14.3 Å². The normalized spacial score (nSPS) is 17.5. The van der Waals surface area contributed by atoms with Crippen LogP contribution in [0.15, 0.2) is 75.8 Å². The number of carbonyl (C=O) groups excluding carboxylic acids is 2. The van der Waals surface area contributed by atoms with E-state index in [1.165, 1.54) is 18.1 Å². The molecule has 0 spiro atoms. The van der Waals surface area contributed by atoms with Crippen LogP contribution in [0, 0.1) is 6.92 Å². The summed E-state index contributed by atoms with van der Waals surface area (Å²) in [6, 6.07) is 17.1. The average Bonchev–Trinajstić information content (AvgIpc) is 3.02. The molecule has 0 radical (unpaired) electrons. The molecule has 1 aliphatic rings. The highest BCUT2D eigenvalue weighted by atomic mass is 32.2. The molecule has 1 heterocycles. The molecule has 6 nitrogen and oxygen atoms in total. The standard InChI is InChI=1S/C21H19N3O3S/c1-14-9-11-16(12-10-14)15(2)22-23-21-24(17-7-5-4-6-8-17)20(26)18(28-21)13-19(25)27-3/h4-13H,1-3H3/b18-13-,22-15+,23-21-. The number of amidine groups is 1. The number of methoxy groups -OCH3 is 1. The Morgan fingerprint density at radius 2 is 1.79 bits per heavy atom. The van der Waals surface area contributed by atoms with Gasteiger partial charge in [-0.25, -0.2) is 4.79 Å². The third-order valence-electron chi connectivity index (χ3n) is 4.03. The monoisotopic (exact) mass is 393 g/mol. The molecule has 1 fully saturated rings. The summed E-state index contributed by atoms with van der Waals surface area (Å²) in [5, 5.41) is 8.96. The second kappa shape index (κ2) is 8.67. The number of amides is 1. The Balaban J connectivity index is 1.98. The maximum absolute atomic E-state index is 12.8. The van der Waals surface area contributed by atoms with Crippen molar-refractivity contribution in [3.63, 3.8) is 0 Å². The molecule has 2 aromatic carbocycles. The van der Waals surface area contributed by atoms with E-state index >= 15 is 0 Å². The molecule has 2 aromatic rings. The minimum Gasteiger partial charge on any atom is -0.466 e. The second-order valence-electron chi connectivity index (χ2n) is 6.04. The Bertz CT molecular complexity index is 980. The molecule has 7 heteroatoms. The van der Waals surface area contributed by atoms with Crippen LogP contribution in [0.2, 0.25) is 0 Å². The fourth-order valence-corrected chi connectivity index (χ4v) is 3.37. The molecule has 0 aromatic heterocycles. The molecule has 0 aliphatic carbocycles.